The second-order valence-electron chi connectivity index (χ2n) is 6.74. The molecule has 12 heteroatoms. The van der Waals surface area contributed by atoms with Crippen LogP contribution in [0.2, 0.25) is 0 Å². The molecule has 4 heterocycles. The predicted molar refractivity (Wildman–Crippen MR) is 94.4 cm³/mol. The Morgan fingerprint density at radius 3 is 2.55 bits per heavy atom. The minimum Gasteiger partial charge on any atom is -0.324 e. The normalized spacial score (nSPS) is 15.1. The average molecular weight is 435 g/mol. The van der Waals surface area contributed by atoms with Gasteiger partial charge in [0.25, 0.3) is 0 Å². The van der Waals surface area contributed by atoms with Crippen molar-refractivity contribution in [3.8, 4) is 11.5 Å². The maximum Gasteiger partial charge on any atom is 0.433 e. The number of hydrogen-bond acceptors (Lipinski definition) is 4. The molecule has 29 heavy (non-hydrogen) atoms. The molecular formula is C17H15F6N5S. The van der Waals surface area contributed by atoms with E-state index in [2.05, 4.69) is 15.0 Å². The van der Waals surface area contributed by atoms with Gasteiger partial charge in [0.1, 0.15) is 22.2 Å². The largest absolute Gasteiger partial charge is 0.433 e. The predicted octanol–water partition coefficient (Wildman–Crippen LogP) is 4.84. The Kier molecular flexibility index (Phi) is 4.79. The Hall–Kier alpha value is -2.24. The van der Waals surface area contributed by atoms with Gasteiger partial charge < -0.3 is 9.13 Å². The summed E-state index contributed by atoms with van der Waals surface area (Å²) in [5.41, 5.74) is -0.429. The monoisotopic (exact) mass is 435 g/mol. The smallest absolute Gasteiger partial charge is 0.324 e. The first kappa shape index (κ1) is 20.0. The summed E-state index contributed by atoms with van der Waals surface area (Å²) in [7, 11) is 1.58. The van der Waals surface area contributed by atoms with Gasteiger partial charge in [-0.1, -0.05) is 11.8 Å². The second kappa shape index (κ2) is 6.92. The van der Waals surface area contributed by atoms with Crippen LogP contribution in [0.4, 0.5) is 26.3 Å². The van der Waals surface area contributed by atoms with E-state index in [1.807, 2.05) is 0 Å². The molecule has 3 aromatic rings. The zero-order chi connectivity index (χ0) is 21.0. The summed E-state index contributed by atoms with van der Waals surface area (Å²) in [6.45, 7) is 0.548. The molecule has 0 saturated carbocycles. The molecule has 0 radical (unpaired) electrons. The van der Waals surface area contributed by atoms with E-state index in [0.29, 0.717) is 41.1 Å². The van der Waals surface area contributed by atoms with Crippen LogP contribution in [0.25, 0.3) is 22.6 Å². The van der Waals surface area contributed by atoms with Crippen LogP contribution in [0.5, 0.6) is 0 Å². The molecule has 0 amide bonds. The highest BCUT2D eigenvalue weighted by atomic mass is 32.2. The standard InChI is InChI=1S/C17H15F6N5S/c1-27-10-7-24-11(17(21,22)23)6-9(10)25-14(27)13-15(29-8-16(18,19)20)28-5-3-2-4-12(28)26-13/h6-7H,2-5,8H2,1H3. The average Bonchev–Trinajstić information content (AvgIpc) is 3.16. The van der Waals surface area contributed by atoms with Gasteiger partial charge in [0.2, 0.25) is 0 Å². The van der Waals surface area contributed by atoms with Crippen molar-refractivity contribution < 1.29 is 26.3 Å². The molecule has 0 bridgehead atoms. The third-order valence-corrected chi connectivity index (χ3v) is 5.83. The molecular weight excluding hydrogens is 420 g/mol. The molecule has 1 aliphatic rings. The number of alkyl halides is 6. The topological polar surface area (TPSA) is 48.5 Å². The summed E-state index contributed by atoms with van der Waals surface area (Å²) in [6.07, 6.45) is -5.59. The van der Waals surface area contributed by atoms with E-state index in [-0.39, 0.29) is 17.0 Å². The van der Waals surface area contributed by atoms with E-state index in [0.717, 1.165) is 25.1 Å². The maximum atomic E-state index is 13.0. The molecule has 0 unspecified atom stereocenters. The highest BCUT2D eigenvalue weighted by molar-refractivity contribution is 7.99. The fraction of sp³-hybridized carbons (Fsp3) is 0.471. The molecule has 3 aromatic heterocycles. The lowest BCUT2D eigenvalue weighted by molar-refractivity contribution is -0.141. The Labute approximate surface area is 165 Å². The van der Waals surface area contributed by atoms with Crippen LogP contribution < -0.4 is 0 Å². The summed E-state index contributed by atoms with van der Waals surface area (Å²) in [6, 6.07) is 0.831. The number of nitrogens with zero attached hydrogens (tertiary/aromatic N) is 5. The van der Waals surface area contributed by atoms with E-state index in [9.17, 15) is 26.3 Å². The number of aryl methyl sites for hydroxylation is 2. The van der Waals surface area contributed by atoms with Crippen molar-refractivity contribution in [1.29, 1.82) is 0 Å². The van der Waals surface area contributed by atoms with Crippen LogP contribution >= 0.6 is 11.8 Å². The van der Waals surface area contributed by atoms with Gasteiger partial charge in [-0.2, -0.15) is 26.3 Å². The fourth-order valence-electron chi connectivity index (χ4n) is 3.35. The van der Waals surface area contributed by atoms with Crippen molar-refractivity contribution in [2.75, 3.05) is 5.75 Å². The van der Waals surface area contributed by atoms with Crippen LogP contribution in [0.1, 0.15) is 24.4 Å². The molecule has 0 aromatic carbocycles. The van der Waals surface area contributed by atoms with Crippen molar-refractivity contribution >= 4 is 22.8 Å². The minimum absolute atomic E-state index is 0.0579. The first-order chi connectivity index (χ1) is 13.5. The van der Waals surface area contributed by atoms with Gasteiger partial charge in [-0.25, -0.2) is 15.0 Å². The third-order valence-electron chi connectivity index (χ3n) is 4.67. The highest BCUT2D eigenvalue weighted by Crippen LogP contribution is 2.38. The lowest BCUT2D eigenvalue weighted by atomic mass is 10.2. The van der Waals surface area contributed by atoms with Crippen molar-refractivity contribution in [3.63, 3.8) is 0 Å². The van der Waals surface area contributed by atoms with Crippen LogP contribution in [-0.2, 0) is 26.2 Å². The molecule has 0 spiro atoms. The fourth-order valence-corrected chi connectivity index (χ4v) is 4.28. The quantitative estimate of drug-likeness (QED) is 0.436. The van der Waals surface area contributed by atoms with Gasteiger partial charge in [-0.3, -0.25) is 0 Å². The number of fused-ring (bicyclic) bond motifs is 2. The van der Waals surface area contributed by atoms with Crippen LogP contribution in [0, 0.1) is 0 Å². The summed E-state index contributed by atoms with van der Waals surface area (Å²) in [5, 5.41) is 0.333. The van der Waals surface area contributed by atoms with Crippen molar-refractivity contribution in [2.24, 2.45) is 7.05 Å². The van der Waals surface area contributed by atoms with Crippen molar-refractivity contribution in [2.45, 2.75) is 43.2 Å². The Morgan fingerprint density at radius 1 is 1.10 bits per heavy atom. The molecule has 0 saturated heterocycles. The zero-order valence-corrected chi connectivity index (χ0v) is 15.9. The van der Waals surface area contributed by atoms with Gasteiger partial charge in [-0.05, 0) is 18.9 Å². The molecule has 0 atom stereocenters. The number of thioether (sulfide) groups is 1. The molecule has 1 aliphatic heterocycles. The molecule has 0 fully saturated rings. The van der Waals surface area contributed by atoms with E-state index >= 15 is 0 Å². The van der Waals surface area contributed by atoms with E-state index in [4.69, 9.17) is 0 Å². The van der Waals surface area contributed by atoms with Crippen LogP contribution in [0.3, 0.4) is 0 Å². The molecule has 4 rings (SSSR count). The molecule has 0 N–H and O–H groups in total. The van der Waals surface area contributed by atoms with Gasteiger partial charge in [0.05, 0.1) is 23.0 Å². The number of halogens is 6. The van der Waals surface area contributed by atoms with Gasteiger partial charge >= 0.3 is 12.4 Å². The van der Waals surface area contributed by atoms with Gasteiger partial charge in [0.15, 0.2) is 5.82 Å². The first-order valence-corrected chi connectivity index (χ1v) is 9.72. The second-order valence-corrected chi connectivity index (χ2v) is 7.71. The number of pyridine rings is 1. The molecule has 5 nitrogen and oxygen atoms in total. The Morgan fingerprint density at radius 2 is 1.86 bits per heavy atom. The summed E-state index contributed by atoms with van der Waals surface area (Å²) < 4.78 is 80.6. The van der Waals surface area contributed by atoms with E-state index in [1.54, 1.807) is 11.6 Å². The third kappa shape index (κ3) is 3.81. The summed E-state index contributed by atoms with van der Waals surface area (Å²) >= 11 is 0.623. The number of rotatable bonds is 3. The van der Waals surface area contributed by atoms with Gasteiger partial charge in [0, 0.05) is 20.0 Å². The molecule has 0 aliphatic carbocycles. The van der Waals surface area contributed by atoms with Crippen molar-refractivity contribution in [3.05, 3.63) is 23.8 Å². The van der Waals surface area contributed by atoms with Crippen LogP contribution in [0.15, 0.2) is 17.3 Å². The summed E-state index contributed by atoms with van der Waals surface area (Å²) in [4.78, 5) is 12.2. The highest BCUT2D eigenvalue weighted by Gasteiger charge is 2.34. The Bertz CT molecular complexity index is 1070. The zero-order valence-electron chi connectivity index (χ0n) is 15.1. The first-order valence-electron chi connectivity index (χ1n) is 8.73. The van der Waals surface area contributed by atoms with E-state index < -0.39 is 23.8 Å². The van der Waals surface area contributed by atoms with Crippen LogP contribution in [-0.4, -0.2) is 36.0 Å². The lowest BCUT2D eigenvalue weighted by Crippen LogP contribution is -2.14. The minimum atomic E-state index is -4.62. The SMILES string of the molecule is Cn1c(-c2nc3n(c2SCC(F)(F)F)CCCC3)nc2cc(C(F)(F)F)ncc21. The number of hydrogen-bond donors (Lipinski definition) is 0. The summed E-state index contributed by atoms with van der Waals surface area (Å²) in [5.74, 6) is -0.209. The molecule has 156 valence electrons. The lowest BCUT2D eigenvalue weighted by Gasteiger charge is -2.16. The number of imidazole rings is 2. The maximum absolute atomic E-state index is 13.0. The van der Waals surface area contributed by atoms with Gasteiger partial charge in [-0.15, -0.1) is 0 Å². The Balaban J connectivity index is 1.84. The van der Waals surface area contributed by atoms with Crippen molar-refractivity contribution in [1.82, 2.24) is 24.1 Å². The number of aromatic nitrogens is 5. The van der Waals surface area contributed by atoms with E-state index in [1.165, 1.54) is 4.57 Å².